The van der Waals surface area contributed by atoms with Crippen LogP contribution in [0, 0.1) is 0 Å². The van der Waals surface area contributed by atoms with Gasteiger partial charge in [-0.25, -0.2) is 0 Å². The fourth-order valence-corrected chi connectivity index (χ4v) is 3.47. The van der Waals surface area contributed by atoms with Crippen molar-refractivity contribution in [3.63, 3.8) is 0 Å². The summed E-state index contributed by atoms with van der Waals surface area (Å²) in [5, 5.41) is 28.6. The van der Waals surface area contributed by atoms with Gasteiger partial charge in [-0.05, 0) is 32.1 Å². The van der Waals surface area contributed by atoms with Gasteiger partial charge in [0.25, 0.3) is 0 Å². The largest absolute Gasteiger partial charge is 0.394 e. The average molecular weight is 387 g/mol. The van der Waals surface area contributed by atoms with Crippen LogP contribution in [-0.2, 0) is 9.47 Å². The Morgan fingerprint density at radius 3 is 2.19 bits per heavy atom. The van der Waals surface area contributed by atoms with Gasteiger partial charge in [0.05, 0.1) is 13.2 Å². The SMILES string of the molecule is CCCCCCCCC/C=C/CCCCCO[C@H]1[C@@H]([C@@H](O)CO)OC[C@H]1O. The molecular weight excluding hydrogens is 344 g/mol. The molecule has 0 spiro atoms. The number of ether oxygens (including phenoxy) is 2. The Bertz CT molecular complexity index is 361. The highest BCUT2D eigenvalue weighted by molar-refractivity contribution is 4.89. The Hall–Kier alpha value is -0.460. The molecule has 3 N–H and O–H groups in total. The normalized spacial score (nSPS) is 24.1. The molecule has 1 rings (SSSR count). The highest BCUT2D eigenvalue weighted by Crippen LogP contribution is 2.21. The summed E-state index contributed by atoms with van der Waals surface area (Å²) in [6, 6.07) is 0. The summed E-state index contributed by atoms with van der Waals surface area (Å²) in [4.78, 5) is 0. The van der Waals surface area contributed by atoms with E-state index in [9.17, 15) is 10.2 Å². The summed E-state index contributed by atoms with van der Waals surface area (Å²) < 4.78 is 11.0. The minimum Gasteiger partial charge on any atom is -0.394 e. The Kier molecular flexibility index (Phi) is 15.0. The lowest BCUT2D eigenvalue weighted by atomic mass is 10.1. The van der Waals surface area contributed by atoms with Crippen molar-refractivity contribution < 1.29 is 24.8 Å². The van der Waals surface area contributed by atoms with Crippen LogP contribution in [0.1, 0.15) is 84.0 Å². The van der Waals surface area contributed by atoms with Gasteiger partial charge in [-0.15, -0.1) is 0 Å². The maximum atomic E-state index is 9.87. The fourth-order valence-electron chi connectivity index (χ4n) is 3.47. The summed E-state index contributed by atoms with van der Waals surface area (Å²) in [5.74, 6) is 0. The maximum absolute atomic E-state index is 9.87. The summed E-state index contributed by atoms with van der Waals surface area (Å²) in [6.07, 6.45) is 16.7. The molecule has 5 nitrogen and oxygen atoms in total. The molecular formula is C22H42O5. The number of aliphatic hydroxyl groups excluding tert-OH is 3. The molecule has 0 aromatic rings. The molecule has 0 saturated carbocycles. The van der Waals surface area contributed by atoms with Crippen molar-refractivity contribution in [2.24, 2.45) is 0 Å². The first-order valence-corrected chi connectivity index (χ1v) is 11.1. The molecule has 160 valence electrons. The third-order valence-corrected chi connectivity index (χ3v) is 5.20. The number of aliphatic hydroxyl groups is 3. The van der Waals surface area contributed by atoms with Gasteiger partial charge in [0.15, 0.2) is 0 Å². The predicted molar refractivity (Wildman–Crippen MR) is 109 cm³/mol. The molecule has 0 radical (unpaired) electrons. The van der Waals surface area contributed by atoms with Crippen LogP contribution in [0.15, 0.2) is 12.2 Å². The molecule has 5 heteroatoms. The molecule has 1 aliphatic heterocycles. The van der Waals surface area contributed by atoms with Crippen LogP contribution < -0.4 is 0 Å². The molecule has 1 aliphatic rings. The van der Waals surface area contributed by atoms with E-state index in [0.29, 0.717) is 6.61 Å². The quantitative estimate of drug-likeness (QED) is 0.262. The van der Waals surface area contributed by atoms with E-state index in [1.54, 1.807) is 0 Å². The Balaban J connectivity index is 1.92. The second-order valence-corrected chi connectivity index (χ2v) is 7.68. The first-order chi connectivity index (χ1) is 13.2. The van der Waals surface area contributed by atoms with E-state index in [-0.39, 0.29) is 13.2 Å². The zero-order valence-corrected chi connectivity index (χ0v) is 17.2. The number of rotatable bonds is 17. The van der Waals surface area contributed by atoms with Crippen LogP contribution in [-0.4, -0.2) is 59.6 Å². The molecule has 1 saturated heterocycles. The number of allylic oxidation sites excluding steroid dienone is 2. The van der Waals surface area contributed by atoms with Crippen molar-refractivity contribution >= 4 is 0 Å². The van der Waals surface area contributed by atoms with Gasteiger partial charge >= 0.3 is 0 Å². The molecule has 0 bridgehead atoms. The lowest BCUT2D eigenvalue weighted by Gasteiger charge is -2.23. The van der Waals surface area contributed by atoms with E-state index in [0.717, 1.165) is 25.7 Å². The van der Waals surface area contributed by atoms with Crippen molar-refractivity contribution in [1.82, 2.24) is 0 Å². The van der Waals surface area contributed by atoms with Gasteiger partial charge in [-0.3, -0.25) is 0 Å². The molecule has 1 fully saturated rings. The van der Waals surface area contributed by atoms with Crippen LogP contribution in [0.2, 0.25) is 0 Å². The van der Waals surface area contributed by atoms with Gasteiger partial charge < -0.3 is 24.8 Å². The van der Waals surface area contributed by atoms with Crippen molar-refractivity contribution in [2.75, 3.05) is 19.8 Å². The lowest BCUT2D eigenvalue weighted by molar-refractivity contribution is -0.0937. The monoisotopic (exact) mass is 386 g/mol. The minimum absolute atomic E-state index is 0.149. The van der Waals surface area contributed by atoms with E-state index >= 15 is 0 Å². The van der Waals surface area contributed by atoms with Crippen LogP contribution in [0.25, 0.3) is 0 Å². The van der Waals surface area contributed by atoms with E-state index in [1.165, 1.54) is 51.4 Å². The van der Waals surface area contributed by atoms with Gasteiger partial charge in [0, 0.05) is 6.61 Å². The first-order valence-electron chi connectivity index (χ1n) is 11.1. The molecule has 0 unspecified atom stereocenters. The third-order valence-electron chi connectivity index (χ3n) is 5.20. The summed E-state index contributed by atoms with van der Waals surface area (Å²) >= 11 is 0. The Morgan fingerprint density at radius 1 is 0.963 bits per heavy atom. The van der Waals surface area contributed by atoms with Crippen LogP contribution in [0.5, 0.6) is 0 Å². The lowest BCUT2D eigenvalue weighted by Crippen LogP contribution is -2.42. The second-order valence-electron chi connectivity index (χ2n) is 7.68. The first kappa shape index (κ1) is 24.6. The van der Waals surface area contributed by atoms with Crippen molar-refractivity contribution in [1.29, 1.82) is 0 Å². The number of hydrogen-bond acceptors (Lipinski definition) is 5. The molecule has 0 amide bonds. The summed E-state index contributed by atoms with van der Waals surface area (Å²) in [5.41, 5.74) is 0. The number of hydrogen-bond donors (Lipinski definition) is 3. The Morgan fingerprint density at radius 2 is 1.56 bits per heavy atom. The van der Waals surface area contributed by atoms with E-state index in [2.05, 4.69) is 19.1 Å². The van der Waals surface area contributed by atoms with Gasteiger partial charge in [-0.2, -0.15) is 0 Å². The number of unbranched alkanes of at least 4 members (excludes halogenated alkanes) is 10. The van der Waals surface area contributed by atoms with Gasteiger partial charge in [0.2, 0.25) is 0 Å². The van der Waals surface area contributed by atoms with E-state index in [1.807, 2.05) is 0 Å². The predicted octanol–water partition coefficient (Wildman–Crippen LogP) is 3.74. The Labute approximate surface area is 165 Å². The molecule has 4 atom stereocenters. The maximum Gasteiger partial charge on any atom is 0.114 e. The highest BCUT2D eigenvalue weighted by Gasteiger charge is 2.40. The zero-order valence-electron chi connectivity index (χ0n) is 17.2. The highest BCUT2D eigenvalue weighted by atomic mass is 16.6. The van der Waals surface area contributed by atoms with Crippen molar-refractivity contribution in [2.45, 2.75) is 108 Å². The molecule has 0 aliphatic carbocycles. The van der Waals surface area contributed by atoms with E-state index in [4.69, 9.17) is 14.6 Å². The van der Waals surface area contributed by atoms with Crippen molar-refractivity contribution in [3.8, 4) is 0 Å². The minimum atomic E-state index is -1.01. The van der Waals surface area contributed by atoms with Gasteiger partial charge in [0.1, 0.15) is 24.4 Å². The third kappa shape index (κ3) is 11.2. The zero-order chi connectivity index (χ0) is 19.7. The average Bonchev–Trinajstić information content (AvgIpc) is 3.04. The summed E-state index contributed by atoms with van der Waals surface area (Å²) in [7, 11) is 0. The fraction of sp³-hybridized carbons (Fsp3) is 0.909. The summed E-state index contributed by atoms with van der Waals surface area (Å²) in [6.45, 7) is 2.56. The topological polar surface area (TPSA) is 79.2 Å². The molecule has 1 heterocycles. The molecule has 0 aromatic heterocycles. The van der Waals surface area contributed by atoms with Crippen LogP contribution in [0.3, 0.4) is 0 Å². The van der Waals surface area contributed by atoms with Crippen LogP contribution in [0.4, 0.5) is 0 Å². The standard InChI is InChI=1S/C22H42O5/c1-2-3-4-5-6-7-8-9-10-11-12-13-14-15-16-26-22-20(25)18-27-21(22)19(24)17-23/h10-11,19-25H,2-9,12-18H2,1H3/b11-10+/t19-,20+,21+,22+/m0/s1. The molecule has 27 heavy (non-hydrogen) atoms. The van der Waals surface area contributed by atoms with Crippen LogP contribution >= 0.6 is 0 Å². The molecule has 0 aromatic carbocycles. The smallest absolute Gasteiger partial charge is 0.114 e. The van der Waals surface area contributed by atoms with Crippen molar-refractivity contribution in [3.05, 3.63) is 12.2 Å². The van der Waals surface area contributed by atoms with E-state index < -0.39 is 24.4 Å². The second kappa shape index (κ2) is 16.5. The van der Waals surface area contributed by atoms with Gasteiger partial charge in [-0.1, -0.05) is 64.0 Å².